The van der Waals surface area contributed by atoms with Gasteiger partial charge in [-0.05, 0) is 45.7 Å². The molecule has 0 aliphatic carbocycles. The van der Waals surface area contributed by atoms with Gasteiger partial charge in [-0.1, -0.05) is 11.6 Å². The van der Waals surface area contributed by atoms with E-state index in [1.54, 1.807) is 11.4 Å². The second-order valence-electron chi connectivity index (χ2n) is 5.78. The number of aryl methyl sites for hydroxylation is 1. The zero-order valence-corrected chi connectivity index (χ0v) is 14.3. The van der Waals surface area contributed by atoms with E-state index < -0.39 is 10.0 Å². The minimum Gasteiger partial charge on any atom is -0.317 e. The van der Waals surface area contributed by atoms with Gasteiger partial charge in [-0.25, -0.2) is 8.42 Å². The number of rotatable bonds is 5. The summed E-state index contributed by atoms with van der Waals surface area (Å²) in [6, 6.07) is -0.115. The zero-order valence-electron chi connectivity index (χ0n) is 12.7. The van der Waals surface area contributed by atoms with Gasteiger partial charge in [0.1, 0.15) is 0 Å². The van der Waals surface area contributed by atoms with Gasteiger partial charge in [0.05, 0.1) is 11.2 Å². The van der Waals surface area contributed by atoms with E-state index in [1.807, 2.05) is 13.8 Å². The molecule has 0 aromatic carbocycles. The van der Waals surface area contributed by atoms with E-state index >= 15 is 0 Å². The van der Waals surface area contributed by atoms with Crippen molar-refractivity contribution in [1.29, 1.82) is 0 Å². The Morgan fingerprint density at radius 2 is 2.10 bits per heavy atom. The van der Waals surface area contributed by atoms with Crippen LogP contribution in [-0.4, -0.2) is 48.2 Å². The van der Waals surface area contributed by atoms with Gasteiger partial charge in [0.2, 0.25) is 0 Å². The highest BCUT2D eigenvalue weighted by Crippen LogP contribution is 2.27. The lowest BCUT2D eigenvalue weighted by Crippen LogP contribution is -2.43. The Labute approximate surface area is 131 Å². The van der Waals surface area contributed by atoms with Crippen LogP contribution in [-0.2, 0) is 17.1 Å². The Morgan fingerprint density at radius 3 is 2.57 bits per heavy atom. The molecule has 8 heteroatoms. The normalized spacial score (nSPS) is 17.8. The SMILES string of the molecule is CC(C)N(CC1CCNCC1)S(=O)(=O)c1c(Cl)cnn1C. The number of nitrogens with zero attached hydrogens (tertiary/aromatic N) is 3. The molecule has 6 nitrogen and oxygen atoms in total. The molecule has 1 aliphatic heterocycles. The summed E-state index contributed by atoms with van der Waals surface area (Å²) in [7, 11) is -2.04. The lowest BCUT2D eigenvalue weighted by Gasteiger charge is -2.31. The third-order valence-corrected chi connectivity index (χ3v) is 6.42. The first-order valence-electron chi connectivity index (χ1n) is 7.24. The number of hydrogen-bond acceptors (Lipinski definition) is 4. The summed E-state index contributed by atoms with van der Waals surface area (Å²) in [5, 5.41) is 7.49. The smallest absolute Gasteiger partial charge is 0.261 e. The molecule has 1 fully saturated rings. The molecule has 1 aromatic heterocycles. The van der Waals surface area contributed by atoms with Gasteiger partial charge < -0.3 is 5.32 Å². The van der Waals surface area contributed by atoms with Gasteiger partial charge in [-0.2, -0.15) is 9.40 Å². The Hall–Kier alpha value is -0.630. The molecule has 2 heterocycles. The molecule has 120 valence electrons. The quantitative estimate of drug-likeness (QED) is 0.885. The van der Waals surface area contributed by atoms with Crippen LogP contribution in [0, 0.1) is 5.92 Å². The summed E-state index contributed by atoms with van der Waals surface area (Å²) < 4.78 is 28.7. The zero-order chi connectivity index (χ0) is 15.6. The van der Waals surface area contributed by atoms with Crippen molar-refractivity contribution in [3.05, 3.63) is 11.2 Å². The molecule has 0 atom stereocenters. The maximum absolute atomic E-state index is 12.9. The monoisotopic (exact) mass is 334 g/mol. The minimum absolute atomic E-state index is 0.0757. The first kappa shape index (κ1) is 16.7. The topological polar surface area (TPSA) is 67.2 Å². The molecule has 0 amide bonds. The third-order valence-electron chi connectivity index (χ3n) is 3.87. The Morgan fingerprint density at radius 1 is 1.48 bits per heavy atom. The molecule has 0 unspecified atom stereocenters. The van der Waals surface area contributed by atoms with Gasteiger partial charge >= 0.3 is 0 Å². The van der Waals surface area contributed by atoms with Crippen molar-refractivity contribution in [2.45, 2.75) is 37.8 Å². The van der Waals surface area contributed by atoms with Crippen LogP contribution in [0.15, 0.2) is 11.2 Å². The van der Waals surface area contributed by atoms with Gasteiger partial charge in [0.25, 0.3) is 10.0 Å². The van der Waals surface area contributed by atoms with Gasteiger partial charge in [-0.15, -0.1) is 0 Å². The van der Waals surface area contributed by atoms with Crippen LogP contribution in [0.4, 0.5) is 0 Å². The second-order valence-corrected chi connectivity index (χ2v) is 8.00. The van der Waals surface area contributed by atoms with Crippen molar-refractivity contribution in [2.24, 2.45) is 13.0 Å². The number of halogens is 1. The van der Waals surface area contributed by atoms with Crippen LogP contribution in [0.25, 0.3) is 0 Å². The predicted octanol–water partition coefficient (Wildman–Crippen LogP) is 1.47. The Kier molecular flexibility index (Phi) is 5.29. The largest absolute Gasteiger partial charge is 0.317 e. The van der Waals surface area contributed by atoms with Crippen molar-refractivity contribution < 1.29 is 8.42 Å². The lowest BCUT2D eigenvalue weighted by molar-refractivity contribution is 0.259. The molecule has 2 rings (SSSR count). The van der Waals surface area contributed by atoms with Crippen LogP contribution in [0.3, 0.4) is 0 Å². The standard InChI is InChI=1S/C13H23ClN4O2S/c1-10(2)18(9-11-4-6-15-7-5-11)21(19,20)13-12(14)8-16-17(13)3/h8,10-11,15H,4-7,9H2,1-3H3. The predicted molar refractivity (Wildman–Crippen MR) is 82.8 cm³/mol. The van der Waals surface area contributed by atoms with Crippen LogP contribution in [0.5, 0.6) is 0 Å². The van der Waals surface area contributed by atoms with Crippen LogP contribution in [0.1, 0.15) is 26.7 Å². The van der Waals surface area contributed by atoms with Crippen LogP contribution >= 0.6 is 11.6 Å². The molecule has 1 saturated heterocycles. The molecule has 0 saturated carbocycles. The number of aromatic nitrogens is 2. The lowest BCUT2D eigenvalue weighted by atomic mass is 9.98. The fourth-order valence-electron chi connectivity index (χ4n) is 2.71. The summed E-state index contributed by atoms with van der Waals surface area (Å²) >= 11 is 6.02. The van der Waals surface area contributed by atoms with Gasteiger partial charge in [0.15, 0.2) is 5.03 Å². The summed E-state index contributed by atoms with van der Waals surface area (Å²) in [5.41, 5.74) is 0. The maximum Gasteiger partial charge on any atom is 0.261 e. The average molecular weight is 335 g/mol. The molecule has 1 N–H and O–H groups in total. The van der Waals surface area contributed by atoms with Crippen LogP contribution < -0.4 is 5.32 Å². The number of sulfonamides is 1. The molecule has 0 radical (unpaired) electrons. The highest BCUT2D eigenvalue weighted by Gasteiger charge is 2.33. The van der Waals surface area contributed by atoms with Gasteiger partial charge in [-0.3, -0.25) is 4.68 Å². The number of hydrogen-bond donors (Lipinski definition) is 1. The maximum atomic E-state index is 12.9. The molecule has 21 heavy (non-hydrogen) atoms. The van der Waals surface area contributed by atoms with E-state index in [1.165, 1.54) is 10.9 Å². The summed E-state index contributed by atoms with van der Waals surface area (Å²) in [5.74, 6) is 0.385. The Balaban J connectivity index is 2.28. The first-order valence-corrected chi connectivity index (χ1v) is 9.06. The van der Waals surface area contributed by atoms with Crippen molar-refractivity contribution in [1.82, 2.24) is 19.4 Å². The molecule has 1 aliphatic rings. The highest BCUT2D eigenvalue weighted by molar-refractivity contribution is 7.89. The van der Waals surface area contributed by atoms with Crippen molar-refractivity contribution >= 4 is 21.6 Å². The van der Waals surface area contributed by atoms with E-state index in [-0.39, 0.29) is 16.1 Å². The first-order chi connectivity index (χ1) is 9.84. The third kappa shape index (κ3) is 3.59. The fraction of sp³-hybridized carbons (Fsp3) is 0.769. The molecule has 0 spiro atoms. The van der Waals surface area contributed by atoms with E-state index in [4.69, 9.17) is 11.6 Å². The molecular weight excluding hydrogens is 312 g/mol. The average Bonchev–Trinajstić information content (AvgIpc) is 2.76. The highest BCUT2D eigenvalue weighted by atomic mass is 35.5. The summed E-state index contributed by atoms with van der Waals surface area (Å²) in [6.07, 6.45) is 3.37. The van der Waals surface area contributed by atoms with Crippen LogP contribution in [0.2, 0.25) is 5.02 Å². The van der Waals surface area contributed by atoms with E-state index in [2.05, 4.69) is 10.4 Å². The van der Waals surface area contributed by atoms with Crippen molar-refractivity contribution in [3.63, 3.8) is 0 Å². The summed E-state index contributed by atoms with van der Waals surface area (Å²) in [6.45, 7) is 6.21. The summed E-state index contributed by atoms with van der Waals surface area (Å²) in [4.78, 5) is 0. The number of nitrogens with one attached hydrogen (secondary N) is 1. The minimum atomic E-state index is -3.64. The Bertz CT molecular complexity index is 559. The van der Waals surface area contributed by atoms with E-state index in [0.717, 1.165) is 25.9 Å². The van der Waals surface area contributed by atoms with E-state index in [0.29, 0.717) is 12.5 Å². The fourth-order valence-corrected chi connectivity index (χ4v) is 5.03. The van der Waals surface area contributed by atoms with Crippen molar-refractivity contribution in [2.75, 3.05) is 19.6 Å². The number of piperidine rings is 1. The molecular formula is C13H23ClN4O2S. The second kappa shape index (κ2) is 6.64. The van der Waals surface area contributed by atoms with E-state index in [9.17, 15) is 8.42 Å². The van der Waals surface area contributed by atoms with Crippen molar-refractivity contribution in [3.8, 4) is 0 Å². The van der Waals surface area contributed by atoms with Gasteiger partial charge in [0, 0.05) is 19.6 Å². The molecule has 1 aromatic rings. The molecule has 0 bridgehead atoms.